The van der Waals surface area contributed by atoms with Crippen LogP contribution in [0.25, 0.3) is 10.9 Å². The Morgan fingerprint density at radius 3 is 2.24 bits per heavy atom. The van der Waals surface area contributed by atoms with E-state index in [1.54, 1.807) is 19.2 Å². The van der Waals surface area contributed by atoms with E-state index in [1.165, 1.54) is 44.9 Å². The zero-order valence-corrected chi connectivity index (χ0v) is 16.6. The first-order valence-electron chi connectivity index (χ1n) is 9.72. The molecule has 0 radical (unpaired) electrons. The molecule has 2 aromatic rings. The Balaban J connectivity index is 0.000000237. The number of unbranched alkanes of at least 4 members (excludes halogenated alkanes) is 1. The zero-order chi connectivity index (χ0) is 18.7. The smallest absolute Gasteiger partial charge is 0.161 e. The molecular formula is C22H34N2O. The second kappa shape index (κ2) is 11.7. The molecule has 0 atom stereocenters. The van der Waals surface area contributed by atoms with E-state index < -0.39 is 0 Å². The number of aryl methyl sites for hydroxylation is 1. The lowest BCUT2D eigenvalue weighted by atomic mass is 9.91. The number of para-hydroxylation sites is 1. The maximum Gasteiger partial charge on any atom is 0.161 e. The van der Waals surface area contributed by atoms with Gasteiger partial charge in [-0.15, -0.1) is 0 Å². The van der Waals surface area contributed by atoms with Crippen LogP contribution in [0.1, 0.15) is 88.8 Å². The Labute approximate surface area is 153 Å². The molecule has 138 valence electrons. The number of carbonyl (C=O) groups excluding carboxylic acids is 1. The third-order valence-corrected chi connectivity index (χ3v) is 4.50. The Hall–Kier alpha value is -1.77. The molecular weight excluding hydrogens is 308 g/mol. The SMILES string of the molecule is CC(=O)c1cccc2cnc(C)nc12.CC1CCCCC1.CCCC. The molecule has 1 aliphatic carbocycles. The number of fused-ring (bicyclic) bond motifs is 1. The van der Waals surface area contributed by atoms with E-state index in [0.717, 1.165) is 16.8 Å². The van der Waals surface area contributed by atoms with Gasteiger partial charge < -0.3 is 0 Å². The Kier molecular flexibility index (Phi) is 9.98. The molecule has 1 heterocycles. The summed E-state index contributed by atoms with van der Waals surface area (Å²) >= 11 is 0. The van der Waals surface area contributed by atoms with Gasteiger partial charge in [0.25, 0.3) is 0 Å². The van der Waals surface area contributed by atoms with Crippen LogP contribution in [0.5, 0.6) is 0 Å². The molecule has 1 aromatic carbocycles. The van der Waals surface area contributed by atoms with Crippen LogP contribution in [0.3, 0.4) is 0 Å². The second-order valence-electron chi connectivity index (χ2n) is 6.96. The summed E-state index contributed by atoms with van der Waals surface area (Å²) in [7, 11) is 0. The molecule has 3 rings (SSSR count). The molecule has 0 N–H and O–H groups in total. The molecule has 1 fully saturated rings. The van der Waals surface area contributed by atoms with Crippen molar-refractivity contribution in [3.63, 3.8) is 0 Å². The molecule has 0 bridgehead atoms. The Morgan fingerprint density at radius 1 is 1.12 bits per heavy atom. The van der Waals surface area contributed by atoms with Gasteiger partial charge in [-0.05, 0) is 25.8 Å². The van der Waals surface area contributed by atoms with Crippen LogP contribution in [-0.4, -0.2) is 15.8 Å². The fourth-order valence-electron chi connectivity index (χ4n) is 2.73. The van der Waals surface area contributed by atoms with Gasteiger partial charge in [0, 0.05) is 17.1 Å². The molecule has 1 aromatic heterocycles. The fraction of sp³-hybridized carbons (Fsp3) is 0.591. The molecule has 25 heavy (non-hydrogen) atoms. The number of hydrogen-bond donors (Lipinski definition) is 0. The molecule has 3 nitrogen and oxygen atoms in total. The van der Waals surface area contributed by atoms with Crippen LogP contribution in [0.4, 0.5) is 0 Å². The Morgan fingerprint density at radius 2 is 1.76 bits per heavy atom. The van der Waals surface area contributed by atoms with Gasteiger partial charge >= 0.3 is 0 Å². The zero-order valence-electron chi connectivity index (χ0n) is 16.6. The van der Waals surface area contributed by atoms with Crippen molar-refractivity contribution < 1.29 is 4.79 Å². The normalized spacial score (nSPS) is 14.1. The third kappa shape index (κ3) is 7.76. The van der Waals surface area contributed by atoms with Crippen molar-refractivity contribution in [3.8, 4) is 0 Å². The number of rotatable bonds is 2. The van der Waals surface area contributed by atoms with Crippen LogP contribution in [0.2, 0.25) is 0 Å². The predicted molar refractivity (Wildman–Crippen MR) is 107 cm³/mol. The van der Waals surface area contributed by atoms with Crippen molar-refractivity contribution in [1.82, 2.24) is 9.97 Å². The summed E-state index contributed by atoms with van der Waals surface area (Å²) in [6.07, 6.45) is 11.8. The van der Waals surface area contributed by atoms with E-state index >= 15 is 0 Å². The molecule has 0 unspecified atom stereocenters. The molecule has 3 heteroatoms. The summed E-state index contributed by atoms with van der Waals surface area (Å²) in [5, 5.41) is 0.906. The minimum Gasteiger partial charge on any atom is -0.294 e. The van der Waals surface area contributed by atoms with Gasteiger partial charge in [-0.2, -0.15) is 0 Å². The number of carbonyl (C=O) groups is 1. The van der Waals surface area contributed by atoms with Crippen molar-refractivity contribution in [1.29, 1.82) is 0 Å². The highest BCUT2D eigenvalue weighted by Crippen LogP contribution is 2.22. The topological polar surface area (TPSA) is 42.9 Å². The molecule has 0 amide bonds. The largest absolute Gasteiger partial charge is 0.294 e. The van der Waals surface area contributed by atoms with Crippen molar-refractivity contribution in [2.24, 2.45) is 5.92 Å². The van der Waals surface area contributed by atoms with Crippen LogP contribution in [-0.2, 0) is 0 Å². The summed E-state index contributed by atoms with van der Waals surface area (Å²) in [4.78, 5) is 19.7. The number of ketones is 1. The summed E-state index contributed by atoms with van der Waals surface area (Å²) < 4.78 is 0. The van der Waals surface area contributed by atoms with Crippen LogP contribution in [0, 0.1) is 12.8 Å². The first-order valence-corrected chi connectivity index (χ1v) is 9.72. The summed E-state index contributed by atoms with van der Waals surface area (Å²) in [5.41, 5.74) is 1.40. The van der Waals surface area contributed by atoms with E-state index in [1.807, 2.05) is 19.1 Å². The maximum absolute atomic E-state index is 11.3. The van der Waals surface area contributed by atoms with E-state index in [2.05, 4.69) is 30.7 Å². The minimum absolute atomic E-state index is 0.0358. The highest BCUT2D eigenvalue weighted by Gasteiger charge is 2.07. The summed E-state index contributed by atoms with van der Waals surface area (Å²) in [5.74, 6) is 1.76. The lowest BCUT2D eigenvalue weighted by Crippen LogP contribution is -1.99. The predicted octanol–water partition coefficient (Wildman–Crippen LogP) is 6.53. The average molecular weight is 343 g/mol. The van der Waals surface area contributed by atoms with Crippen molar-refractivity contribution in [2.45, 2.75) is 79.6 Å². The van der Waals surface area contributed by atoms with Crippen molar-refractivity contribution in [3.05, 3.63) is 35.8 Å². The Bertz CT molecular complexity index is 644. The number of benzene rings is 1. The van der Waals surface area contributed by atoms with Crippen LogP contribution < -0.4 is 0 Å². The van der Waals surface area contributed by atoms with E-state index in [4.69, 9.17) is 0 Å². The van der Waals surface area contributed by atoms with Crippen molar-refractivity contribution in [2.75, 3.05) is 0 Å². The fourth-order valence-corrected chi connectivity index (χ4v) is 2.73. The third-order valence-electron chi connectivity index (χ3n) is 4.50. The minimum atomic E-state index is 0.0358. The summed E-state index contributed by atoms with van der Waals surface area (Å²) in [6, 6.07) is 5.54. The van der Waals surface area contributed by atoms with Crippen molar-refractivity contribution >= 4 is 16.7 Å². The lowest BCUT2D eigenvalue weighted by molar-refractivity contribution is 0.101. The molecule has 0 saturated heterocycles. The van der Waals surface area contributed by atoms with Gasteiger partial charge in [0.2, 0.25) is 0 Å². The van der Waals surface area contributed by atoms with Gasteiger partial charge in [-0.25, -0.2) is 9.97 Å². The number of aromatic nitrogens is 2. The first-order chi connectivity index (χ1) is 12.0. The molecule has 1 saturated carbocycles. The quantitative estimate of drug-likeness (QED) is 0.582. The van der Waals surface area contributed by atoms with Gasteiger partial charge in [0.1, 0.15) is 5.82 Å². The van der Waals surface area contributed by atoms with Gasteiger partial charge in [0.15, 0.2) is 5.78 Å². The first kappa shape index (κ1) is 21.3. The number of nitrogens with zero attached hydrogens (tertiary/aromatic N) is 2. The summed E-state index contributed by atoms with van der Waals surface area (Å²) in [6.45, 7) is 10.1. The van der Waals surface area contributed by atoms with Crippen LogP contribution in [0.15, 0.2) is 24.4 Å². The highest BCUT2D eigenvalue weighted by molar-refractivity contribution is 6.05. The van der Waals surface area contributed by atoms with Crippen LogP contribution >= 0.6 is 0 Å². The van der Waals surface area contributed by atoms with E-state index in [0.29, 0.717) is 11.4 Å². The average Bonchev–Trinajstić information content (AvgIpc) is 2.62. The second-order valence-corrected chi connectivity index (χ2v) is 6.96. The van der Waals surface area contributed by atoms with Gasteiger partial charge in [-0.1, -0.05) is 77.8 Å². The molecule has 0 aliphatic heterocycles. The highest BCUT2D eigenvalue weighted by atomic mass is 16.1. The van der Waals surface area contributed by atoms with Gasteiger partial charge in [0.05, 0.1) is 5.52 Å². The molecule has 1 aliphatic rings. The lowest BCUT2D eigenvalue weighted by Gasteiger charge is -2.15. The monoisotopic (exact) mass is 342 g/mol. The maximum atomic E-state index is 11.3. The van der Waals surface area contributed by atoms with Gasteiger partial charge in [-0.3, -0.25) is 4.79 Å². The number of Topliss-reactive ketones (excluding diaryl/α,β-unsaturated/α-hetero) is 1. The molecule has 0 spiro atoms. The van der Waals surface area contributed by atoms with E-state index in [9.17, 15) is 4.79 Å². The number of hydrogen-bond acceptors (Lipinski definition) is 3. The van der Waals surface area contributed by atoms with E-state index in [-0.39, 0.29) is 5.78 Å². The standard InChI is InChI=1S/C11H10N2O.C7H14.C4H10/c1-7(14)10-5-3-4-9-6-12-8(2)13-11(9)10;1-7-5-3-2-4-6-7;1-3-4-2/h3-6H,1-2H3;7H,2-6H2,1H3;3-4H2,1-2H3.